The number of hydrogen-bond donors (Lipinski definition) is 3. The lowest BCUT2D eigenvalue weighted by atomic mass is 9.60. The van der Waals surface area contributed by atoms with E-state index in [1.54, 1.807) is 12.1 Å². The van der Waals surface area contributed by atoms with Crippen molar-refractivity contribution >= 4 is 17.7 Å². The Morgan fingerprint density at radius 1 is 1.28 bits per heavy atom. The Morgan fingerprint density at radius 2 is 1.97 bits per heavy atom. The summed E-state index contributed by atoms with van der Waals surface area (Å²) in [5.41, 5.74) is 1.56. The van der Waals surface area contributed by atoms with Gasteiger partial charge in [-0.1, -0.05) is 44.6 Å². The highest BCUT2D eigenvalue weighted by Crippen LogP contribution is 2.49. The first kappa shape index (κ1) is 24.9. The van der Waals surface area contributed by atoms with Crippen LogP contribution in [0.25, 0.3) is 0 Å². The molecule has 5 nitrogen and oxygen atoms in total. The summed E-state index contributed by atoms with van der Waals surface area (Å²) in [5, 5.41) is 31.7. The van der Waals surface area contributed by atoms with Gasteiger partial charge in [-0.2, -0.15) is 0 Å². The molecular weight excluding hydrogens is 424 g/mol. The average molecular weight is 461 g/mol. The summed E-state index contributed by atoms with van der Waals surface area (Å²) < 4.78 is 4.72. The lowest BCUT2D eigenvalue weighted by Gasteiger charge is -2.46. The first-order valence-electron chi connectivity index (χ1n) is 11.5. The molecule has 2 aliphatic rings. The molecule has 32 heavy (non-hydrogen) atoms. The van der Waals surface area contributed by atoms with Crippen molar-refractivity contribution in [2.75, 3.05) is 7.11 Å². The van der Waals surface area contributed by atoms with Crippen LogP contribution in [0.2, 0.25) is 0 Å². The minimum Gasteiger partial charge on any atom is -0.511 e. The summed E-state index contributed by atoms with van der Waals surface area (Å²) in [6.45, 7) is 4.41. The van der Waals surface area contributed by atoms with Crippen LogP contribution in [0.5, 0.6) is 0 Å². The molecular formula is C26H36O5S. The van der Waals surface area contributed by atoms with Gasteiger partial charge in [0.05, 0.1) is 24.9 Å². The first-order valence-corrected chi connectivity index (χ1v) is 12.5. The molecule has 176 valence electrons. The molecule has 0 amide bonds. The fourth-order valence-electron chi connectivity index (χ4n) is 4.93. The van der Waals surface area contributed by atoms with Crippen LogP contribution in [0.1, 0.15) is 68.3 Å². The molecule has 0 heterocycles. The summed E-state index contributed by atoms with van der Waals surface area (Å²) in [6, 6.07) is 7.20. The number of aliphatic hydroxyl groups is 3. The number of methoxy groups -OCH3 is 1. The quantitative estimate of drug-likeness (QED) is 0.321. The average Bonchev–Trinajstić information content (AvgIpc) is 3.01. The number of thioether (sulfide) groups is 1. The lowest BCUT2D eigenvalue weighted by molar-refractivity contribution is -0.0473. The largest absolute Gasteiger partial charge is 0.511 e. The van der Waals surface area contributed by atoms with Gasteiger partial charge in [0, 0.05) is 23.0 Å². The number of hydrogen-bond acceptors (Lipinski definition) is 6. The maximum atomic E-state index is 11.6. The fraction of sp³-hybridized carbons (Fsp3) is 0.577. The van der Waals surface area contributed by atoms with Crippen molar-refractivity contribution in [3.05, 3.63) is 58.2 Å². The van der Waals surface area contributed by atoms with Gasteiger partial charge in [-0.15, -0.1) is 11.8 Å². The monoisotopic (exact) mass is 460 g/mol. The minimum atomic E-state index is -0.652. The van der Waals surface area contributed by atoms with Gasteiger partial charge >= 0.3 is 5.97 Å². The maximum absolute atomic E-state index is 11.6. The highest BCUT2D eigenvalue weighted by Gasteiger charge is 2.43. The second kappa shape index (κ2) is 10.9. The molecule has 0 bridgehead atoms. The van der Waals surface area contributed by atoms with Crippen LogP contribution in [0.4, 0.5) is 0 Å². The van der Waals surface area contributed by atoms with E-state index < -0.39 is 6.10 Å². The number of carbonyl (C=O) groups is 1. The molecule has 0 aliphatic heterocycles. The van der Waals surface area contributed by atoms with Crippen molar-refractivity contribution in [2.24, 2.45) is 17.3 Å². The standard InChI is InChI=1S/C26H36O5S/c1-17(2)15-26(12-5-13-26)23(29)7-4-6-20-21(27)14-22(28)24(20)32-16-18-8-10-19(11-9-18)25(30)31-3/h4,6,8-11,17,20-21,23,27-29H,5,7,12-16H2,1-3H3/b6-4+/t20-,21?,23?/m0/s1. The maximum Gasteiger partial charge on any atom is 0.337 e. The van der Waals surface area contributed by atoms with Gasteiger partial charge in [-0.05, 0) is 54.7 Å². The Bertz CT molecular complexity index is 838. The Labute approximate surface area is 195 Å². The topological polar surface area (TPSA) is 87.0 Å². The molecule has 0 spiro atoms. The van der Waals surface area contributed by atoms with E-state index in [9.17, 15) is 20.1 Å². The first-order chi connectivity index (χ1) is 15.3. The Balaban J connectivity index is 1.59. The predicted octanol–water partition coefficient (Wildman–Crippen LogP) is 5.38. The normalized spacial score (nSPS) is 23.6. The second-order valence-electron chi connectivity index (χ2n) is 9.58. The number of aliphatic hydroxyl groups excluding tert-OH is 3. The third-order valence-corrected chi connectivity index (χ3v) is 8.04. The summed E-state index contributed by atoms with van der Waals surface area (Å²) >= 11 is 1.51. The number of carbonyl (C=O) groups excluding carboxylic acids is 1. The Morgan fingerprint density at radius 3 is 2.53 bits per heavy atom. The zero-order valence-corrected chi connectivity index (χ0v) is 20.1. The summed E-state index contributed by atoms with van der Waals surface area (Å²) in [5.74, 6) is 0.795. The van der Waals surface area contributed by atoms with Crippen molar-refractivity contribution in [3.8, 4) is 0 Å². The van der Waals surface area contributed by atoms with E-state index >= 15 is 0 Å². The molecule has 1 fully saturated rings. The third-order valence-electron chi connectivity index (χ3n) is 6.75. The molecule has 3 N–H and O–H groups in total. The molecule has 0 saturated heterocycles. The molecule has 0 aromatic heterocycles. The molecule has 6 heteroatoms. The number of benzene rings is 1. The zero-order chi connectivity index (χ0) is 23.3. The Kier molecular flexibility index (Phi) is 8.48. The van der Waals surface area contributed by atoms with Gasteiger partial charge in [0.2, 0.25) is 0 Å². The van der Waals surface area contributed by atoms with Gasteiger partial charge in [-0.25, -0.2) is 4.79 Å². The van der Waals surface area contributed by atoms with Gasteiger partial charge in [-0.3, -0.25) is 0 Å². The molecule has 3 rings (SSSR count). The highest BCUT2D eigenvalue weighted by atomic mass is 32.2. The smallest absolute Gasteiger partial charge is 0.337 e. The molecule has 2 unspecified atom stereocenters. The predicted molar refractivity (Wildman–Crippen MR) is 128 cm³/mol. The molecule has 1 saturated carbocycles. The summed E-state index contributed by atoms with van der Waals surface area (Å²) in [7, 11) is 1.36. The van der Waals surface area contributed by atoms with Crippen molar-refractivity contribution in [3.63, 3.8) is 0 Å². The van der Waals surface area contributed by atoms with Crippen molar-refractivity contribution in [1.82, 2.24) is 0 Å². The third kappa shape index (κ3) is 5.77. The van der Waals surface area contributed by atoms with E-state index in [-0.39, 0.29) is 35.6 Å². The van der Waals surface area contributed by atoms with Crippen LogP contribution >= 0.6 is 11.8 Å². The molecule has 3 atom stereocenters. The lowest BCUT2D eigenvalue weighted by Crippen LogP contribution is -2.42. The van der Waals surface area contributed by atoms with E-state index in [2.05, 4.69) is 13.8 Å². The highest BCUT2D eigenvalue weighted by molar-refractivity contribution is 8.02. The van der Waals surface area contributed by atoms with E-state index in [1.165, 1.54) is 25.3 Å². The number of rotatable bonds is 10. The van der Waals surface area contributed by atoms with Crippen LogP contribution in [-0.4, -0.2) is 40.6 Å². The van der Waals surface area contributed by atoms with Gasteiger partial charge in [0.25, 0.3) is 0 Å². The molecule has 2 aliphatic carbocycles. The zero-order valence-electron chi connectivity index (χ0n) is 19.3. The van der Waals surface area contributed by atoms with Crippen LogP contribution < -0.4 is 0 Å². The van der Waals surface area contributed by atoms with E-state index in [1.807, 2.05) is 24.3 Å². The van der Waals surface area contributed by atoms with Crippen molar-refractivity contribution in [1.29, 1.82) is 0 Å². The SMILES string of the molecule is COC(=O)c1ccc(CSC2=C(O)CC(O)[C@@H]2/C=C/CC(O)C2(CC(C)C)CCC2)cc1. The van der Waals surface area contributed by atoms with Gasteiger partial charge in [0.15, 0.2) is 0 Å². The van der Waals surface area contributed by atoms with Crippen molar-refractivity contribution < 1.29 is 24.9 Å². The van der Waals surface area contributed by atoms with Crippen LogP contribution in [-0.2, 0) is 10.5 Å². The molecule has 1 aromatic rings. The number of ether oxygens (including phenoxy) is 1. The fourth-order valence-corrected chi connectivity index (χ4v) is 6.12. The number of esters is 1. The van der Waals surface area contributed by atoms with Crippen LogP contribution in [0.3, 0.4) is 0 Å². The Hall–Kier alpha value is -1.76. The minimum absolute atomic E-state index is 0.0404. The van der Waals surface area contributed by atoms with Crippen LogP contribution in [0.15, 0.2) is 47.1 Å². The van der Waals surface area contributed by atoms with E-state index in [4.69, 9.17) is 4.74 Å². The van der Waals surface area contributed by atoms with Gasteiger partial charge in [0.1, 0.15) is 5.76 Å². The molecule has 1 aromatic carbocycles. The van der Waals surface area contributed by atoms with E-state index in [0.717, 1.165) is 29.7 Å². The summed E-state index contributed by atoms with van der Waals surface area (Å²) in [4.78, 5) is 12.4. The van der Waals surface area contributed by atoms with Crippen molar-refractivity contribution in [2.45, 2.75) is 70.3 Å². The van der Waals surface area contributed by atoms with E-state index in [0.29, 0.717) is 23.7 Å². The second-order valence-corrected chi connectivity index (χ2v) is 10.6. The van der Waals surface area contributed by atoms with Crippen LogP contribution in [0, 0.1) is 17.3 Å². The summed E-state index contributed by atoms with van der Waals surface area (Å²) in [6.07, 6.45) is 8.13. The molecule has 0 radical (unpaired) electrons. The van der Waals surface area contributed by atoms with Gasteiger partial charge < -0.3 is 20.1 Å².